The maximum atomic E-state index is 12.5. The van der Waals surface area contributed by atoms with Crippen molar-refractivity contribution in [3.63, 3.8) is 0 Å². The van der Waals surface area contributed by atoms with Crippen LogP contribution in [0.3, 0.4) is 0 Å². The highest BCUT2D eigenvalue weighted by molar-refractivity contribution is 9.10. The number of hydrogen-bond acceptors (Lipinski definition) is 4. The predicted octanol–water partition coefficient (Wildman–Crippen LogP) is 0.397. The second kappa shape index (κ2) is 7.00. The third kappa shape index (κ3) is 2.99. The Morgan fingerprint density at radius 1 is 1.21 bits per heavy atom. The summed E-state index contributed by atoms with van der Waals surface area (Å²) in [5.41, 5.74) is -0.574. The number of fused-ring (bicyclic) bond motifs is 1. The minimum Gasteiger partial charge on any atom is -0.334 e. The smallest absolute Gasteiger partial charge is 0.332 e. The summed E-state index contributed by atoms with van der Waals surface area (Å²) in [6.45, 7) is 7.93. The molecule has 0 unspecified atom stereocenters. The van der Waals surface area contributed by atoms with Gasteiger partial charge in [-0.25, -0.2) is 9.78 Å². The summed E-state index contributed by atoms with van der Waals surface area (Å²) in [5.74, 6) is -0.206. The average Bonchev–Trinajstić information content (AvgIpc) is 2.87. The SMILES string of the molecule is C=CCN(CC=C)C(=O)Cn1c(Br)nc2c(=O)n(C)c(=O)n(C)c21. The summed E-state index contributed by atoms with van der Waals surface area (Å²) < 4.78 is 4.09. The third-order valence-corrected chi connectivity index (χ3v) is 4.24. The van der Waals surface area contributed by atoms with Crippen molar-refractivity contribution in [1.29, 1.82) is 0 Å². The molecule has 0 radical (unpaired) electrons. The summed E-state index contributed by atoms with van der Waals surface area (Å²) in [4.78, 5) is 42.6. The molecule has 24 heavy (non-hydrogen) atoms. The van der Waals surface area contributed by atoms with Crippen LogP contribution in [0.1, 0.15) is 0 Å². The number of nitrogens with zero attached hydrogens (tertiary/aromatic N) is 5. The van der Waals surface area contributed by atoms with Crippen LogP contribution in [0.25, 0.3) is 11.2 Å². The number of rotatable bonds is 6. The number of aromatic nitrogens is 4. The van der Waals surface area contributed by atoms with E-state index in [0.29, 0.717) is 23.5 Å². The summed E-state index contributed by atoms with van der Waals surface area (Å²) >= 11 is 3.26. The van der Waals surface area contributed by atoms with Crippen LogP contribution < -0.4 is 11.2 Å². The van der Waals surface area contributed by atoms with E-state index in [1.807, 2.05) is 0 Å². The van der Waals surface area contributed by atoms with E-state index in [1.54, 1.807) is 17.1 Å². The van der Waals surface area contributed by atoms with Crippen LogP contribution >= 0.6 is 15.9 Å². The van der Waals surface area contributed by atoms with Crippen molar-refractivity contribution >= 4 is 33.0 Å². The Labute approximate surface area is 146 Å². The molecular formula is C15H18BrN5O3. The van der Waals surface area contributed by atoms with E-state index in [9.17, 15) is 14.4 Å². The molecule has 0 aliphatic carbocycles. The van der Waals surface area contributed by atoms with Gasteiger partial charge in [0, 0.05) is 27.2 Å². The first-order valence-electron chi connectivity index (χ1n) is 7.14. The van der Waals surface area contributed by atoms with Gasteiger partial charge in [0.05, 0.1) is 0 Å². The van der Waals surface area contributed by atoms with Crippen LogP contribution in [0.2, 0.25) is 0 Å². The van der Waals surface area contributed by atoms with E-state index in [0.717, 1.165) is 4.57 Å². The molecule has 0 atom stereocenters. The molecule has 128 valence electrons. The molecule has 0 aromatic carbocycles. The van der Waals surface area contributed by atoms with Gasteiger partial charge in [0.1, 0.15) is 6.54 Å². The Kier molecular flexibility index (Phi) is 5.23. The standard InChI is InChI=1S/C15H18BrN5O3/c1-5-7-20(8-6-2)10(22)9-21-12-11(17-14(21)16)13(23)19(4)15(24)18(12)3/h5-6H,1-2,7-9H2,3-4H3. The molecule has 0 N–H and O–H groups in total. The number of hydrogen-bond donors (Lipinski definition) is 0. The van der Waals surface area contributed by atoms with E-state index in [2.05, 4.69) is 34.1 Å². The molecule has 0 spiro atoms. The maximum Gasteiger partial charge on any atom is 0.332 e. The van der Waals surface area contributed by atoms with Gasteiger partial charge in [0.2, 0.25) is 5.91 Å². The van der Waals surface area contributed by atoms with Gasteiger partial charge in [-0.2, -0.15) is 0 Å². The van der Waals surface area contributed by atoms with Gasteiger partial charge >= 0.3 is 5.69 Å². The van der Waals surface area contributed by atoms with Crippen molar-refractivity contribution in [1.82, 2.24) is 23.6 Å². The van der Waals surface area contributed by atoms with E-state index in [-0.39, 0.29) is 18.0 Å². The molecule has 2 aromatic rings. The zero-order valence-corrected chi connectivity index (χ0v) is 15.1. The first-order chi connectivity index (χ1) is 11.3. The van der Waals surface area contributed by atoms with Gasteiger partial charge < -0.3 is 4.90 Å². The lowest BCUT2D eigenvalue weighted by Gasteiger charge is -2.20. The lowest BCUT2D eigenvalue weighted by molar-refractivity contribution is -0.130. The summed E-state index contributed by atoms with van der Waals surface area (Å²) in [7, 11) is 2.92. The van der Waals surface area contributed by atoms with Crippen molar-refractivity contribution in [2.24, 2.45) is 14.1 Å². The van der Waals surface area contributed by atoms with Crippen molar-refractivity contribution in [3.8, 4) is 0 Å². The van der Waals surface area contributed by atoms with Gasteiger partial charge in [0.25, 0.3) is 5.56 Å². The molecule has 9 heteroatoms. The van der Waals surface area contributed by atoms with Gasteiger partial charge in [0.15, 0.2) is 15.9 Å². The largest absolute Gasteiger partial charge is 0.334 e. The molecule has 2 heterocycles. The topological polar surface area (TPSA) is 82.1 Å². The van der Waals surface area contributed by atoms with E-state index in [4.69, 9.17) is 0 Å². The highest BCUT2D eigenvalue weighted by Crippen LogP contribution is 2.16. The van der Waals surface area contributed by atoms with Crippen LogP contribution in [-0.4, -0.2) is 42.6 Å². The van der Waals surface area contributed by atoms with Crippen LogP contribution in [0.15, 0.2) is 39.6 Å². The van der Waals surface area contributed by atoms with Crippen molar-refractivity contribution < 1.29 is 4.79 Å². The molecule has 2 rings (SSSR count). The summed E-state index contributed by atoms with van der Waals surface area (Å²) in [6, 6.07) is 0. The van der Waals surface area contributed by atoms with E-state index in [1.165, 1.54) is 23.2 Å². The molecule has 0 saturated carbocycles. The Morgan fingerprint density at radius 2 is 1.79 bits per heavy atom. The average molecular weight is 396 g/mol. The molecule has 2 aromatic heterocycles. The number of aryl methyl sites for hydroxylation is 1. The lowest BCUT2D eigenvalue weighted by atomic mass is 10.4. The molecule has 0 aliphatic rings. The van der Waals surface area contributed by atoms with Crippen molar-refractivity contribution in [2.75, 3.05) is 13.1 Å². The lowest BCUT2D eigenvalue weighted by Crippen LogP contribution is -2.38. The monoisotopic (exact) mass is 395 g/mol. The summed E-state index contributed by atoms with van der Waals surface area (Å²) in [6.07, 6.45) is 3.24. The normalized spacial score (nSPS) is 10.8. The molecule has 1 amide bonds. The Morgan fingerprint density at radius 3 is 2.33 bits per heavy atom. The number of imidazole rings is 1. The zero-order chi connectivity index (χ0) is 18.0. The van der Waals surface area contributed by atoms with Crippen molar-refractivity contribution in [3.05, 3.63) is 50.9 Å². The maximum absolute atomic E-state index is 12.5. The van der Waals surface area contributed by atoms with Gasteiger partial charge in [-0.1, -0.05) is 12.2 Å². The van der Waals surface area contributed by atoms with Gasteiger partial charge in [-0.15, -0.1) is 13.2 Å². The second-order valence-electron chi connectivity index (χ2n) is 5.22. The molecule has 0 fully saturated rings. The first kappa shape index (κ1) is 17.9. The minimum absolute atomic E-state index is 0.0702. The Balaban J connectivity index is 2.57. The van der Waals surface area contributed by atoms with Crippen molar-refractivity contribution in [2.45, 2.75) is 6.54 Å². The molecule has 0 saturated heterocycles. The van der Waals surface area contributed by atoms with Crippen LogP contribution in [0, 0.1) is 0 Å². The minimum atomic E-state index is -0.506. The highest BCUT2D eigenvalue weighted by Gasteiger charge is 2.21. The Hall–Kier alpha value is -2.42. The summed E-state index contributed by atoms with van der Waals surface area (Å²) in [5, 5.41) is 0. The van der Waals surface area contributed by atoms with Crippen LogP contribution in [0.4, 0.5) is 0 Å². The molecule has 8 nitrogen and oxygen atoms in total. The number of halogens is 1. The van der Waals surface area contributed by atoms with E-state index >= 15 is 0 Å². The zero-order valence-electron chi connectivity index (χ0n) is 13.5. The van der Waals surface area contributed by atoms with Gasteiger partial charge in [-0.05, 0) is 15.9 Å². The first-order valence-corrected chi connectivity index (χ1v) is 7.94. The quantitative estimate of drug-likeness (QED) is 0.523. The third-order valence-electron chi connectivity index (χ3n) is 3.64. The van der Waals surface area contributed by atoms with E-state index < -0.39 is 11.2 Å². The molecule has 0 aliphatic heterocycles. The fourth-order valence-corrected chi connectivity index (χ4v) is 2.90. The second-order valence-corrected chi connectivity index (χ2v) is 5.93. The number of carbonyl (C=O) groups excluding carboxylic acids is 1. The highest BCUT2D eigenvalue weighted by atomic mass is 79.9. The molecular weight excluding hydrogens is 378 g/mol. The fourth-order valence-electron chi connectivity index (χ4n) is 2.43. The van der Waals surface area contributed by atoms with Crippen LogP contribution in [0.5, 0.6) is 0 Å². The number of amides is 1. The fraction of sp³-hybridized carbons (Fsp3) is 0.333. The van der Waals surface area contributed by atoms with Crippen LogP contribution in [-0.2, 0) is 25.4 Å². The predicted molar refractivity (Wildman–Crippen MR) is 94.9 cm³/mol. The number of carbonyl (C=O) groups is 1. The molecule has 0 bridgehead atoms. The van der Waals surface area contributed by atoms with Gasteiger partial charge in [-0.3, -0.25) is 23.3 Å². The Bertz CT molecular complexity index is 927.